The Balaban J connectivity index is 1.74. The molecule has 0 aliphatic carbocycles. The first-order valence-corrected chi connectivity index (χ1v) is 10.0. The van der Waals surface area contributed by atoms with Crippen LogP contribution in [0, 0.1) is 5.82 Å². The molecule has 0 spiro atoms. The average Bonchev–Trinajstić information content (AvgIpc) is 3.35. The first-order valence-electron chi connectivity index (χ1n) is 10.0. The molecule has 1 fully saturated rings. The summed E-state index contributed by atoms with van der Waals surface area (Å²) in [5, 5.41) is 4.96. The van der Waals surface area contributed by atoms with Crippen molar-refractivity contribution >= 4 is 16.8 Å². The summed E-state index contributed by atoms with van der Waals surface area (Å²) in [6.45, 7) is 4.48. The van der Waals surface area contributed by atoms with E-state index in [0.717, 1.165) is 31.5 Å². The number of benzene rings is 1. The van der Waals surface area contributed by atoms with Gasteiger partial charge in [-0.1, -0.05) is 0 Å². The number of aromatic nitrogens is 3. The normalized spacial score (nSPS) is 17.2. The number of hydrogen-bond donors (Lipinski definition) is 0. The van der Waals surface area contributed by atoms with Crippen molar-refractivity contribution in [3.8, 4) is 11.3 Å². The maximum Gasteiger partial charge on any atom is 0.254 e. The molecule has 4 rings (SSSR count). The van der Waals surface area contributed by atoms with Crippen LogP contribution in [-0.4, -0.2) is 63.7 Å². The molecule has 152 valence electrons. The lowest BCUT2D eigenvalue weighted by Gasteiger charge is -2.26. The van der Waals surface area contributed by atoms with Crippen molar-refractivity contribution in [1.29, 1.82) is 0 Å². The summed E-state index contributed by atoms with van der Waals surface area (Å²) in [6, 6.07) is 6.57. The molecule has 2 aromatic heterocycles. The third-order valence-corrected chi connectivity index (χ3v) is 5.76. The van der Waals surface area contributed by atoms with Gasteiger partial charge in [0, 0.05) is 49.4 Å². The van der Waals surface area contributed by atoms with Gasteiger partial charge < -0.3 is 9.80 Å². The van der Waals surface area contributed by atoms with E-state index in [2.05, 4.69) is 22.0 Å². The number of pyridine rings is 1. The zero-order chi connectivity index (χ0) is 20.5. The predicted octanol–water partition coefficient (Wildman–Crippen LogP) is 3.42. The molecular weight excluding hydrogens is 369 g/mol. The molecule has 0 N–H and O–H groups in total. The lowest BCUT2D eigenvalue weighted by Crippen LogP contribution is -2.39. The van der Waals surface area contributed by atoms with Crippen molar-refractivity contribution < 1.29 is 9.18 Å². The molecule has 6 nitrogen and oxygen atoms in total. The maximum absolute atomic E-state index is 13.9. The zero-order valence-corrected chi connectivity index (χ0v) is 17.1. The van der Waals surface area contributed by atoms with Crippen LogP contribution in [0.4, 0.5) is 4.39 Å². The fourth-order valence-electron chi connectivity index (χ4n) is 4.01. The van der Waals surface area contributed by atoms with Crippen molar-refractivity contribution in [3.05, 3.63) is 48.0 Å². The van der Waals surface area contributed by atoms with Gasteiger partial charge in [-0.25, -0.2) is 9.37 Å². The molecule has 29 heavy (non-hydrogen) atoms. The Morgan fingerprint density at radius 1 is 1.34 bits per heavy atom. The standard InChI is InChI=1S/C22H26FN5O/c1-4-28-13-15(12-24-28)20-11-19(18-8-7-16(23)10-21(18)25-20)22(29)27(3)14-17-6-5-9-26(17)2/h7-8,10-13,17H,4-6,9,14H2,1-3H3/t17-/m0/s1. The van der Waals surface area contributed by atoms with Crippen LogP contribution in [0.15, 0.2) is 36.7 Å². The number of carbonyl (C=O) groups is 1. The number of nitrogens with zero attached hydrogens (tertiary/aromatic N) is 5. The minimum atomic E-state index is -0.370. The van der Waals surface area contributed by atoms with E-state index in [1.165, 1.54) is 12.1 Å². The molecule has 0 bridgehead atoms. The van der Waals surface area contributed by atoms with E-state index in [-0.39, 0.29) is 11.7 Å². The van der Waals surface area contributed by atoms with E-state index >= 15 is 0 Å². The van der Waals surface area contributed by atoms with Crippen LogP contribution >= 0.6 is 0 Å². The Morgan fingerprint density at radius 3 is 2.86 bits per heavy atom. The average molecular weight is 395 g/mol. The van der Waals surface area contributed by atoms with Gasteiger partial charge in [0.05, 0.1) is 23.0 Å². The highest BCUT2D eigenvalue weighted by Crippen LogP contribution is 2.27. The summed E-state index contributed by atoms with van der Waals surface area (Å²) in [4.78, 5) is 22.0. The lowest BCUT2D eigenvalue weighted by atomic mass is 10.0. The second-order valence-corrected chi connectivity index (χ2v) is 7.76. The highest BCUT2D eigenvalue weighted by molar-refractivity contribution is 6.07. The zero-order valence-electron chi connectivity index (χ0n) is 17.1. The van der Waals surface area contributed by atoms with Crippen molar-refractivity contribution in [2.45, 2.75) is 32.4 Å². The molecule has 3 heterocycles. The summed E-state index contributed by atoms with van der Waals surface area (Å²) >= 11 is 0. The highest BCUT2D eigenvalue weighted by Gasteiger charge is 2.25. The van der Waals surface area contributed by atoms with Crippen LogP contribution in [0.25, 0.3) is 22.2 Å². The van der Waals surface area contributed by atoms with Gasteiger partial charge in [0.1, 0.15) is 5.82 Å². The minimum Gasteiger partial charge on any atom is -0.340 e. The molecule has 0 unspecified atom stereocenters. The van der Waals surface area contributed by atoms with Gasteiger partial charge in [-0.2, -0.15) is 5.10 Å². The van der Waals surface area contributed by atoms with Gasteiger partial charge in [-0.15, -0.1) is 0 Å². The molecule has 1 aliphatic heterocycles. The van der Waals surface area contributed by atoms with Crippen LogP contribution in [0.5, 0.6) is 0 Å². The van der Waals surface area contributed by atoms with Gasteiger partial charge in [-0.3, -0.25) is 9.48 Å². The first-order chi connectivity index (χ1) is 14.0. The monoisotopic (exact) mass is 395 g/mol. The van der Waals surface area contributed by atoms with E-state index < -0.39 is 0 Å². The molecule has 1 atom stereocenters. The Hall–Kier alpha value is -2.80. The SMILES string of the molecule is CCn1cc(-c2cc(C(=O)N(C)C[C@@H]3CCCN3C)c3ccc(F)cc3n2)cn1. The number of likely N-dealkylation sites (N-methyl/N-ethyl adjacent to an activating group) is 2. The van der Waals surface area contributed by atoms with Crippen LogP contribution in [-0.2, 0) is 6.54 Å². The Bertz CT molecular complexity index is 1050. The van der Waals surface area contributed by atoms with Crippen molar-refractivity contribution in [2.75, 3.05) is 27.2 Å². The number of hydrogen-bond acceptors (Lipinski definition) is 4. The summed E-state index contributed by atoms with van der Waals surface area (Å²) < 4.78 is 15.7. The van der Waals surface area contributed by atoms with Crippen LogP contribution < -0.4 is 0 Å². The molecule has 3 aromatic rings. The van der Waals surface area contributed by atoms with Gasteiger partial charge in [-0.05, 0) is 51.6 Å². The number of rotatable bonds is 5. The fraction of sp³-hybridized carbons (Fsp3) is 0.409. The van der Waals surface area contributed by atoms with Crippen LogP contribution in [0.2, 0.25) is 0 Å². The largest absolute Gasteiger partial charge is 0.340 e. The molecule has 1 amide bonds. The molecular formula is C22H26FN5O. The van der Waals surface area contributed by atoms with Gasteiger partial charge in [0.25, 0.3) is 5.91 Å². The summed E-state index contributed by atoms with van der Waals surface area (Å²) in [5.74, 6) is -0.445. The number of aryl methyl sites for hydroxylation is 1. The second-order valence-electron chi connectivity index (χ2n) is 7.76. The molecule has 1 saturated heterocycles. The lowest BCUT2D eigenvalue weighted by molar-refractivity contribution is 0.0763. The fourth-order valence-corrected chi connectivity index (χ4v) is 4.01. The smallest absolute Gasteiger partial charge is 0.254 e. The molecule has 7 heteroatoms. The van der Waals surface area contributed by atoms with E-state index in [0.29, 0.717) is 34.7 Å². The van der Waals surface area contributed by atoms with E-state index in [1.54, 1.807) is 27.9 Å². The molecule has 0 saturated carbocycles. The van der Waals surface area contributed by atoms with Gasteiger partial charge >= 0.3 is 0 Å². The summed E-state index contributed by atoms with van der Waals surface area (Å²) in [5.41, 5.74) is 2.45. The topological polar surface area (TPSA) is 54.3 Å². The highest BCUT2D eigenvalue weighted by atomic mass is 19.1. The molecule has 1 aromatic carbocycles. The molecule has 0 radical (unpaired) electrons. The number of fused-ring (bicyclic) bond motifs is 1. The van der Waals surface area contributed by atoms with Crippen molar-refractivity contribution in [1.82, 2.24) is 24.6 Å². The van der Waals surface area contributed by atoms with Gasteiger partial charge in [0.15, 0.2) is 0 Å². The van der Waals surface area contributed by atoms with E-state index in [9.17, 15) is 9.18 Å². The minimum absolute atomic E-state index is 0.0755. The predicted molar refractivity (Wildman–Crippen MR) is 111 cm³/mol. The first kappa shape index (κ1) is 19.5. The van der Waals surface area contributed by atoms with Crippen molar-refractivity contribution in [3.63, 3.8) is 0 Å². The quantitative estimate of drug-likeness (QED) is 0.664. The van der Waals surface area contributed by atoms with Crippen molar-refractivity contribution in [2.24, 2.45) is 0 Å². The molecule has 1 aliphatic rings. The third-order valence-electron chi connectivity index (χ3n) is 5.76. The Morgan fingerprint density at radius 2 is 2.17 bits per heavy atom. The van der Waals surface area contributed by atoms with Crippen LogP contribution in [0.3, 0.4) is 0 Å². The van der Waals surface area contributed by atoms with Crippen LogP contribution in [0.1, 0.15) is 30.1 Å². The Kier molecular flexibility index (Phi) is 5.32. The number of likely N-dealkylation sites (tertiary alicyclic amines) is 1. The summed E-state index contributed by atoms with van der Waals surface area (Å²) in [7, 11) is 3.93. The third kappa shape index (κ3) is 3.87. The number of carbonyl (C=O) groups excluding carboxylic acids is 1. The Labute approximate surface area is 169 Å². The number of amides is 1. The second kappa shape index (κ2) is 7.91. The number of halogens is 1. The summed E-state index contributed by atoms with van der Waals surface area (Å²) in [6.07, 6.45) is 5.87. The van der Waals surface area contributed by atoms with E-state index in [4.69, 9.17) is 0 Å². The van der Waals surface area contributed by atoms with Gasteiger partial charge in [0.2, 0.25) is 0 Å². The van der Waals surface area contributed by atoms with E-state index in [1.807, 2.05) is 20.2 Å². The maximum atomic E-state index is 13.9.